The molecule has 3 rings (SSSR count). The molecular weight excluding hydrogens is 332 g/mol. The highest BCUT2D eigenvalue weighted by Crippen LogP contribution is 2.24. The second-order valence-electron chi connectivity index (χ2n) is 5.81. The third-order valence-corrected chi connectivity index (χ3v) is 4.20. The quantitative estimate of drug-likeness (QED) is 0.485. The minimum Gasteiger partial charge on any atom is -0.507 e. The number of anilines is 1. The lowest BCUT2D eigenvalue weighted by Crippen LogP contribution is -2.28. The summed E-state index contributed by atoms with van der Waals surface area (Å²) < 4.78 is 0. The number of benzene rings is 2. The van der Waals surface area contributed by atoms with Crippen LogP contribution in [-0.4, -0.2) is 34.4 Å². The first-order valence-corrected chi connectivity index (χ1v) is 8.40. The molecule has 1 heterocycles. The first-order chi connectivity index (χ1) is 12.5. The van der Waals surface area contributed by atoms with Gasteiger partial charge < -0.3 is 20.0 Å². The molecule has 0 fully saturated rings. The molecule has 0 bridgehead atoms. The molecule has 0 unspecified atom stereocenters. The highest BCUT2D eigenvalue weighted by Gasteiger charge is 2.06. The molecule has 0 atom stereocenters. The standard InChI is InChI=1S/C19H20N4O3/c1-3-23(4-2)14-7-5-12(17(24)10-14)11-20-13-6-8-15-16(9-13)22-19(26)18(25)21-15/h5-11,24H,3-4H2,1-2H3,(H,21,25)(H,22,26). The highest BCUT2D eigenvalue weighted by atomic mass is 16.3. The molecule has 0 aliphatic heterocycles. The van der Waals surface area contributed by atoms with E-state index in [9.17, 15) is 14.7 Å². The van der Waals surface area contributed by atoms with Gasteiger partial charge in [-0.2, -0.15) is 0 Å². The molecular formula is C19H20N4O3. The Hall–Kier alpha value is -3.35. The van der Waals surface area contributed by atoms with Crippen LogP contribution in [0.4, 0.5) is 11.4 Å². The van der Waals surface area contributed by atoms with Gasteiger partial charge in [0.05, 0.1) is 16.7 Å². The van der Waals surface area contributed by atoms with Crippen molar-refractivity contribution in [2.45, 2.75) is 13.8 Å². The van der Waals surface area contributed by atoms with Crippen LogP contribution < -0.4 is 16.0 Å². The summed E-state index contributed by atoms with van der Waals surface area (Å²) in [4.78, 5) is 34.2. The fourth-order valence-corrected chi connectivity index (χ4v) is 2.75. The summed E-state index contributed by atoms with van der Waals surface area (Å²) >= 11 is 0. The van der Waals surface area contributed by atoms with Crippen molar-refractivity contribution in [1.82, 2.24) is 9.97 Å². The number of phenolic OH excluding ortho intramolecular Hbond substituents is 1. The average molecular weight is 352 g/mol. The van der Waals surface area contributed by atoms with E-state index >= 15 is 0 Å². The second kappa shape index (κ2) is 7.26. The van der Waals surface area contributed by atoms with Gasteiger partial charge in [0, 0.05) is 36.6 Å². The number of aliphatic imine (C=N–C) groups is 1. The Bertz CT molecular complexity index is 1080. The molecule has 0 aliphatic carbocycles. The Morgan fingerprint density at radius 1 is 1.00 bits per heavy atom. The van der Waals surface area contributed by atoms with E-state index in [1.807, 2.05) is 12.1 Å². The lowest BCUT2D eigenvalue weighted by Gasteiger charge is -2.21. The third kappa shape index (κ3) is 3.51. The van der Waals surface area contributed by atoms with E-state index in [1.54, 1.807) is 30.5 Å². The average Bonchev–Trinajstić information content (AvgIpc) is 2.63. The molecule has 7 heteroatoms. The predicted molar refractivity (Wildman–Crippen MR) is 104 cm³/mol. The van der Waals surface area contributed by atoms with Gasteiger partial charge in [0.2, 0.25) is 0 Å². The van der Waals surface area contributed by atoms with E-state index in [-0.39, 0.29) is 5.75 Å². The molecule has 3 N–H and O–H groups in total. The monoisotopic (exact) mass is 352 g/mol. The van der Waals surface area contributed by atoms with Crippen LogP contribution in [0.1, 0.15) is 19.4 Å². The lowest BCUT2D eigenvalue weighted by atomic mass is 10.1. The van der Waals surface area contributed by atoms with Crippen molar-refractivity contribution in [3.8, 4) is 5.75 Å². The molecule has 0 saturated heterocycles. The number of rotatable bonds is 5. The summed E-state index contributed by atoms with van der Waals surface area (Å²) in [7, 11) is 0. The fourth-order valence-electron chi connectivity index (χ4n) is 2.75. The largest absolute Gasteiger partial charge is 0.507 e. The highest BCUT2D eigenvalue weighted by molar-refractivity contribution is 5.87. The topological polar surface area (TPSA) is 102 Å². The zero-order chi connectivity index (χ0) is 18.7. The number of H-pyrrole nitrogens is 2. The lowest BCUT2D eigenvalue weighted by molar-refractivity contribution is 0.474. The predicted octanol–water partition coefficient (Wildman–Crippen LogP) is 2.52. The van der Waals surface area contributed by atoms with Crippen molar-refractivity contribution in [2.24, 2.45) is 4.99 Å². The first-order valence-electron chi connectivity index (χ1n) is 8.40. The molecule has 134 valence electrons. The number of aromatic amines is 2. The van der Waals surface area contributed by atoms with Gasteiger partial charge in [0.25, 0.3) is 0 Å². The molecule has 0 spiro atoms. The SMILES string of the molecule is CCN(CC)c1ccc(C=Nc2ccc3[nH]c(=O)c(=O)[nH]c3c2)c(O)c1. The van der Waals surface area contributed by atoms with Crippen LogP contribution >= 0.6 is 0 Å². The van der Waals surface area contributed by atoms with Gasteiger partial charge in [0.1, 0.15) is 5.75 Å². The van der Waals surface area contributed by atoms with Gasteiger partial charge in [-0.25, -0.2) is 0 Å². The van der Waals surface area contributed by atoms with Crippen LogP contribution in [0.5, 0.6) is 5.75 Å². The van der Waals surface area contributed by atoms with Crippen LogP contribution in [0, 0.1) is 0 Å². The van der Waals surface area contributed by atoms with Crippen LogP contribution in [0.3, 0.4) is 0 Å². The van der Waals surface area contributed by atoms with Crippen LogP contribution in [-0.2, 0) is 0 Å². The van der Waals surface area contributed by atoms with Crippen molar-refractivity contribution >= 4 is 28.6 Å². The van der Waals surface area contributed by atoms with Crippen molar-refractivity contribution in [3.63, 3.8) is 0 Å². The molecule has 0 amide bonds. The van der Waals surface area contributed by atoms with Crippen LogP contribution in [0.15, 0.2) is 51.0 Å². The van der Waals surface area contributed by atoms with E-state index in [4.69, 9.17) is 0 Å². The smallest absolute Gasteiger partial charge is 0.314 e. The number of nitrogens with one attached hydrogen (secondary N) is 2. The molecule has 0 radical (unpaired) electrons. The van der Waals surface area contributed by atoms with Gasteiger partial charge in [0.15, 0.2) is 0 Å². The Kier molecular flexibility index (Phi) is 4.88. The summed E-state index contributed by atoms with van der Waals surface area (Å²) in [5.74, 6) is 0.150. The van der Waals surface area contributed by atoms with E-state index in [0.717, 1.165) is 18.8 Å². The third-order valence-electron chi connectivity index (χ3n) is 4.20. The number of hydrogen-bond donors (Lipinski definition) is 3. The van der Waals surface area contributed by atoms with Gasteiger partial charge in [-0.15, -0.1) is 0 Å². The second-order valence-corrected chi connectivity index (χ2v) is 5.81. The number of aromatic hydroxyl groups is 1. The van der Waals surface area contributed by atoms with Crippen molar-refractivity contribution < 1.29 is 5.11 Å². The number of fused-ring (bicyclic) bond motifs is 1. The van der Waals surface area contributed by atoms with E-state index in [2.05, 4.69) is 33.7 Å². The number of nitrogens with zero attached hydrogens (tertiary/aromatic N) is 2. The molecule has 26 heavy (non-hydrogen) atoms. The molecule has 3 aromatic rings. The Balaban J connectivity index is 1.90. The normalized spacial score (nSPS) is 11.3. The summed E-state index contributed by atoms with van der Waals surface area (Å²) in [5, 5.41) is 10.2. The first kappa shape index (κ1) is 17.5. The maximum Gasteiger partial charge on any atom is 0.314 e. The van der Waals surface area contributed by atoms with Gasteiger partial charge in [-0.05, 0) is 44.2 Å². The van der Waals surface area contributed by atoms with Gasteiger partial charge in [-0.1, -0.05) is 0 Å². The number of aromatic nitrogens is 2. The zero-order valence-electron chi connectivity index (χ0n) is 14.6. The summed E-state index contributed by atoms with van der Waals surface area (Å²) in [6.45, 7) is 5.85. The minimum absolute atomic E-state index is 0.150. The van der Waals surface area contributed by atoms with E-state index in [1.165, 1.54) is 0 Å². The van der Waals surface area contributed by atoms with Crippen molar-refractivity contribution in [1.29, 1.82) is 0 Å². The van der Waals surface area contributed by atoms with Crippen molar-refractivity contribution in [2.75, 3.05) is 18.0 Å². The summed E-state index contributed by atoms with van der Waals surface area (Å²) in [5.41, 5.74) is 1.76. The molecule has 2 aromatic carbocycles. The van der Waals surface area contributed by atoms with E-state index < -0.39 is 11.1 Å². The fraction of sp³-hybridized carbons (Fsp3) is 0.211. The molecule has 1 aromatic heterocycles. The summed E-state index contributed by atoms with van der Waals surface area (Å²) in [6, 6.07) is 10.5. The number of hydrogen-bond acceptors (Lipinski definition) is 5. The van der Waals surface area contributed by atoms with Gasteiger partial charge in [-0.3, -0.25) is 14.6 Å². The molecule has 7 nitrogen and oxygen atoms in total. The van der Waals surface area contributed by atoms with Gasteiger partial charge >= 0.3 is 11.1 Å². The van der Waals surface area contributed by atoms with Crippen LogP contribution in [0.2, 0.25) is 0 Å². The zero-order valence-corrected chi connectivity index (χ0v) is 14.6. The maximum absolute atomic E-state index is 11.4. The Labute approximate surface area is 149 Å². The molecule has 0 saturated carbocycles. The Morgan fingerprint density at radius 2 is 1.69 bits per heavy atom. The molecule has 0 aliphatic rings. The summed E-state index contributed by atoms with van der Waals surface area (Å²) in [6.07, 6.45) is 1.56. The maximum atomic E-state index is 11.4. The van der Waals surface area contributed by atoms with E-state index in [0.29, 0.717) is 22.3 Å². The minimum atomic E-state index is -0.705. The number of phenols is 1. The van der Waals surface area contributed by atoms with Crippen molar-refractivity contribution in [3.05, 3.63) is 62.7 Å². The van der Waals surface area contributed by atoms with Crippen LogP contribution in [0.25, 0.3) is 11.0 Å². The Morgan fingerprint density at radius 3 is 2.35 bits per heavy atom.